The molecular weight excluding hydrogens is 403 g/mol. The number of carbonyl (C=O) groups is 2. The van der Waals surface area contributed by atoms with Gasteiger partial charge in [0.25, 0.3) is 0 Å². The van der Waals surface area contributed by atoms with Gasteiger partial charge in [0.2, 0.25) is 6.79 Å². The summed E-state index contributed by atoms with van der Waals surface area (Å²) in [4.78, 5) is 29.2. The molecule has 2 aliphatic rings. The van der Waals surface area contributed by atoms with E-state index >= 15 is 0 Å². The largest absolute Gasteiger partial charge is 0.454 e. The lowest BCUT2D eigenvalue weighted by molar-refractivity contribution is -0.136. The molecule has 0 radical (unpaired) electrons. The van der Waals surface area contributed by atoms with Gasteiger partial charge in [-0.1, -0.05) is 18.2 Å². The molecule has 1 saturated heterocycles. The van der Waals surface area contributed by atoms with Crippen molar-refractivity contribution in [2.24, 2.45) is 0 Å². The molecule has 0 aromatic heterocycles. The van der Waals surface area contributed by atoms with Crippen molar-refractivity contribution in [1.82, 2.24) is 15.1 Å². The Bertz CT molecular complexity index is 962. The molecule has 2 aliphatic heterocycles. The molecule has 4 rings (SSSR count). The molecule has 0 aliphatic carbocycles. The smallest absolute Gasteiger partial charge is 0.313 e. The minimum Gasteiger partial charge on any atom is -0.454 e. The van der Waals surface area contributed by atoms with Gasteiger partial charge in [-0.05, 0) is 36.9 Å². The van der Waals surface area contributed by atoms with E-state index in [-0.39, 0.29) is 25.1 Å². The van der Waals surface area contributed by atoms with Crippen LogP contribution in [0.2, 0.25) is 0 Å². The van der Waals surface area contributed by atoms with E-state index in [1.807, 2.05) is 18.2 Å². The summed E-state index contributed by atoms with van der Waals surface area (Å²) in [5, 5.41) is 5.01. The van der Waals surface area contributed by atoms with Crippen LogP contribution in [0.4, 0.5) is 10.1 Å². The zero-order valence-corrected chi connectivity index (χ0v) is 17.3. The van der Waals surface area contributed by atoms with Gasteiger partial charge in [-0.3, -0.25) is 14.5 Å². The highest BCUT2D eigenvalue weighted by Gasteiger charge is 2.27. The number of nitrogens with zero attached hydrogens (tertiary/aromatic N) is 2. The van der Waals surface area contributed by atoms with Crippen LogP contribution in [-0.4, -0.2) is 68.2 Å². The molecule has 31 heavy (non-hydrogen) atoms. The van der Waals surface area contributed by atoms with E-state index in [0.29, 0.717) is 11.5 Å². The summed E-state index contributed by atoms with van der Waals surface area (Å²) in [6.45, 7) is 3.88. The third kappa shape index (κ3) is 4.95. The number of ether oxygens (including phenoxy) is 2. The first kappa shape index (κ1) is 21.1. The van der Waals surface area contributed by atoms with Gasteiger partial charge in [-0.25, -0.2) is 4.39 Å². The van der Waals surface area contributed by atoms with Crippen LogP contribution in [0.3, 0.4) is 0 Å². The van der Waals surface area contributed by atoms with E-state index in [0.717, 1.165) is 31.7 Å². The lowest BCUT2D eigenvalue weighted by atomic mass is 10.0. The Morgan fingerprint density at radius 2 is 1.77 bits per heavy atom. The first-order valence-electron chi connectivity index (χ1n) is 10.2. The van der Waals surface area contributed by atoms with Gasteiger partial charge in [0.05, 0.1) is 11.7 Å². The molecule has 2 aromatic rings. The fourth-order valence-electron chi connectivity index (χ4n) is 3.72. The summed E-state index contributed by atoms with van der Waals surface area (Å²) in [5.41, 5.74) is 0.928. The fourth-order valence-corrected chi connectivity index (χ4v) is 3.72. The van der Waals surface area contributed by atoms with Crippen LogP contribution < -0.4 is 20.1 Å². The first-order chi connectivity index (χ1) is 15.0. The van der Waals surface area contributed by atoms with E-state index < -0.39 is 17.6 Å². The van der Waals surface area contributed by atoms with Gasteiger partial charge in [0.1, 0.15) is 5.82 Å². The number of fused-ring (bicyclic) bond motifs is 1. The quantitative estimate of drug-likeness (QED) is 0.704. The van der Waals surface area contributed by atoms with Crippen molar-refractivity contribution >= 4 is 17.5 Å². The number of halogens is 1. The lowest BCUT2D eigenvalue weighted by Gasteiger charge is -2.38. The van der Waals surface area contributed by atoms with E-state index in [1.165, 1.54) is 18.2 Å². The minimum atomic E-state index is -0.909. The highest BCUT2D eigenvalue weighted by Crippen LogP contribution is 2.35. The Hall–Kier alpha value is -3.17. The average molecular weight is 428 g/mol. The highest BCUT2D eigenvalue weighted by molar-refractivity contribution is 6.39. The topological polar surface area (TPSA) is 83.1 Å². The number of anilines is 1. The highest BCUT2D eigenvalue weighted by atomic mass is 19.1. The predicted octanol–water partition coefficient (Wildman–Crippen LogP) is 1.60. The summed E-state index contributed by atoms with van der Waals surface area (Å²) >= 11 is 0. The number of benzene rings is 2. The second kappa shape index (κ2) is 9.32. The van der Waals surface area contributed by atoms with E-state index in [4.69, 9.17) is 9.47 Å². The monoisotopic (exact) mass is 428 g/mol. The molecule has 1 fully saturated rings. The van der Waals surface area contributed by atoms with E-state index in [2.05, 4.69) is 27.5 Å². The van der Waals surface area contributed by atoms with Gasteiger partial charge in [-0.15, -0.1) is 0 Å². The molecule has 164 valence electrons. The van der Waals surface area contributed by atoms with Crippen molar-refractivity contribution in [2.75, 3.05) is 51.9 Å². The van der Waals surface area contributed by atoms with Gasteiger partial charge in [0.15, 0.2) is 11.5 Å². The van der Waals surface area contributed by atoms with Crippen molar-refractivity contribution < 1.29 is 23.5 Å². The molecule has 2 N–H and O–H groups in total. The number of likely N-dealkylation sites (N-methyl/N-ethyl adjacent to an activating group) is 1. The van der Waals surface area contributed by atoms with Gasteiger partial charge >= 0.3 is 11.8 Å². The molecule has 0 spiro atoms. The fraction of sp³-hybridized carbons (Fsp3) is 0.364. The first-order valence-corrected chi connectivity index (χ1v) is 10.2. The Kier molecular flexibility index (Phi) is 6.34. The molecule has 9 heteroatoms. The third-order valence-electron chi connectivity index (χ3n) is 5.54. The minimum absolute atomic E-state index is 0.0333. The van der Waals surface area contributed by atoms with Crippen LogP contribution in [0.1, 0.15) is 11.6 Å². The van der Waals surface area contributed by atoms with Crippen molar-refractivity contribution in [2.45, 2.75) is 6.04 Å². The van der Waals surface area contributed by atoms with Crippen LogP contribution in [-0.2, 0) is 9.59 Å². The number of nitrogens with one attached hydrogen (secondary N) is 2. The summed E-state index contributed by atoms with van der Waals surface area (Å²) in [6, 6.07) is 11.3. The summed E-state index contributed by atoms with van der Waals surface area (Å²) < 4.78 is 24.6. The molecule has 2 amide bonds. The van der Waals surface area contributed by atoms with Crippen molar-refractivity contribution in [3.63, 3.8) is 0 Å². The Balaban J connectivity index is 1.45. The standard InChI is InChI=1S/C22H25FN4O4/c1-26-8-10-27(11-9-26)18(15-6-7-19-20(12-15)31-14-30-19)13-24-21(28)22(29)25-17-5-3-2-4-16(17)23/h2-7,12,18H,8-11,13-14H2,1H3,(H,24,28)(H,25,29). The SMILES string of the molecule is CN1CCN(C(CNC(=O)C(=O)Nc2ccccc2F)c2ccc3c(c2)OCO3)CC1. The second-order valence-electron chi connectivity index (χ2n) is 7.61. The number of amides is 2. The second-order valence-corrected chi connectivity index (χ2v) is 7.61. The van der Waals surface area contributed by atoms with Crippen molar-refractivity contribution in [3.05, 3.63) is 53.8 Å². The zero-order chi connectivity index (χ0) is 21.8. The molecule has 2 heterocycles. The van der Waals surface area contributed by atoms with Crippen LogP contribution in [0, 0.1) is 5.82 Å². The summed E-state index contributed by atoms with van der Waals surface area (Å²) in [7, 11) is 2.07. The predicted molar refractivity (Wildman–Crippen MR) is 112 cm³/mol. The summed E-state index contributed by atoms with van der Waals surface area (Å²) in [5.74, 6) is -0.968. The van der Waals surface area contributed by atoms with E-state index in [9.17, 15) is 14.0 Å². The molecular formula is C22H25FN4O4. The van der Waals surface area contributed by atoms with Crippen LogP contribution >= 0.6 is 0 Å². The Morgan fingerprint density at radius 1 is 1.03 bits per heavy atom. The normalized spacial score (nSPS) is 17.2. The number of hydrogen-bond acceptors (Lipinski definition) is 6. The zero-order valence-electron chi connectivity index (χ0n) is 17.3. The average Bonchev–Trinajstić information content (AvgIpc) is 3.24. The maximum absolute atomic E-state index is 13.8. The molecule has 0 saturated carbocycles. The molecule has 8 nitrogen and oxygen atoms in total. The Labute approximate surface area is 179 Å². The van der Waals surface area contributed by atoms with Gasteiger partial charge in [-0.2, -0.15) is 0 Å². The van der Waals surface area contributed by atoms with E-state index in [1.54, 1.807) is 6.07 Å². The molecule has 1 unspecified atom stereocenters. The molecule has 2 aromatic carbocycles. The summed E-state index contributed by atoms with van der Waals surface area (Å²) in [6.07, 6.45) is 0. The van der Waals surface area contributed by atoms with Gasteiger partial charge in [0, 0.05) is 32.7 Å². The number of piperazine rings is 1. The molecule has 1 atom stereocenters. The van der Waals surface area contributed by atoms with Crippen LogP contribution in [0.25, 0.3) is 0 Å². The lowest BCUT2D eigenvalue weighted by Crippen LogP contribution is -2.49. The van der Waals surface area contributed by atoms with Crippen molar-refractivity contribution in [3.8, 4) is 11.5 Å². The Morgan fingerprint density at radius 3 is 2.55 bits per heavy atom. The maximum Gasteiger partial charge on any atom is 0.313 e. The third-order valence-corrected chi connectivity index (χ3v) is 5.54. The van der Waals surface area contributed by atoms with Crippen LogP contribution in [0.15, 0.2) is 42.5 Å². The van der Waals surface area contributed by atoms with Gasteiger partial charge < -0.3 is 25.0 Å². The number of carbonyl (C=O) groups excluding carboxylic acids is 2. The number of hydrogen-bond donors (Lipinski definition) is 2. The van der Waals surface area contributed by atoms with Crippen molar-refractivity contribution in [1.29, 1.82) is 0 Å². The van der Waals surface area contributed by atoms with Crippen LogP contribution in [0.5, 0.6) is 11.5 Å². The molecule has 0 bridgehead atoms. The number of para-hydroxylation sites is 1. The number of rotatable bonds is 5. The maximum atomic E-state index is 13.8.